The number of benzene rings is 3. The molecule has 0 bridgehead atoms. The van der Waals surface area contributed by atoms with Gasteiger partial charge < -0.3 is 20.5 Å². The van der Waals surface area contributed by atoms with E-state index < -0.39 is 12.0 Å². The molecule has 1 atom stereocenters. The Labute approximate surface area is 169 Å². The van der Waals surface area contributed by atoms with Crippen molar-refractivity contribution in [2.45, 2.75) is 19.6 Å². The molecule has 6 nitrogen and oxygen atoms in total. The van der Waals surface area contributed by atoms with Crippen LogP contribution in [0.2, 0.25) is 0 Å². The molecule has 2 amide bonds. The number of rotatable bonds is 8. The number of hydrogen-bond acceptors (Lipinski definition) is 4. The van der Waals surface area contributed by atoms with Crippen LogP contribution in [0.15, 0.2) is 78.9 Å². The summed E-state index contributed by atoms with van der Waals surface area (Å²) in [5.41, 5.74) is 7.22. The van der Waals surface area contributed by atoms with Crippen LogP contribution >= 0.6 is 0 Å². The molecule has 148 valence electrons. The van der Waals surface area contributed by atoms with Crippen molar-refractivity contribution < 1.29 is 19.1 Å². The van der Waals surface area contributed by atoms with Crippen molar-refractivity contribution >= 4 is 17.5 Å². The molecule has 0 spiro atoms. The Kier molecular flexibility index (Phi) is 6.47. The van der Waals surface area contributed by atoms with Crippen molar-refractivity contribution in [2.24, 2.45) is 5.73 Å². The highest BCUT2D eigenvalue weighted by Crippen LogP contribution is 2.20. The molecule has 0 saturated heterocycles. The number of nitrogens with one attached hydrogen (secondary N) is 1. The number of carbonyl (C=O) groups excluding carboxylic acids is 2. The summed E-state index contributed by atoms with van der Waals surface area (Å²) in [5.74, 6) is 0.452. The second-order valence-corrected chi connectivity index (χ2v) is 6.44. The highest BCUT2D eigenvalue weighted by Gasteiger charge is 2.15. The van der Waals surface area contributed by atoms with Gasteiger partial charge in [0.2, 0.25) is 5.91 Å². The zero-order valence-corrected chi connectivity index (χ0v) is 16.0. The van der Waals surface area contributed by atoms with E-state index in [9.17, 15) is 9.59 Å². The Balaban J connectivity index is 1.50. The van der Waals surface area contributed by atoms with E-state index in [0.717, 1.165) is 5.56 Å². The minimum Gasteiger partial charge on any atom is -0.489 e. The minimum atomic E-state index is -0.707. The van der Waals surface area contributed by atoms with Crippen LogP contribution in [-0.2, 0) is 11.4 Å². The summed E-state index contributed by atoms with van der Waals surface area (Å²) in [6, 6.07) is 23.3. The second kappa shape index (κ2) is 9.41. The average molecular weight is 390 g/mol. The Bertz CT molecular complexity index is 954. The maximum absolute atomic E-state index is 12.3. The summed E-state index contributed by atoms with van der Waals surface area (Å²) < 4.78 is 11.4. The molecule has 0 fully saturated rings. The van der Waals surface area contributed by atoms with Crippen LogP contribution < -0.4 is 20.5 Å². The summed E-state index contributed by atoms with van der Waals surface area (Å²) >= 11 is 0. The van der Waals surface area contributed by atoms with Gasteiger partial charge in [0.15, 0.2) is 6.10 Å². The van der Waals surface area contributed by atoms with E-state index in [-0.39, 0.29) is 5.91 Å². The second-order valence-electron chi connectivity index (χ2n) is 6.44. The molecule has 3 aromatic carbocycles. The van der Waals surface area contributed by atoms with Crippen LogP contribution in [0, 0.1) is 0 Å². The highest BCUT2D eigenvalue weighted by molar-refractivity contribution is 5.96. The fourth-order valence-corrected chi connectivity index (χ4v) is 2.57. The van der Waals surface area contributed by atoms with E-state index in [1.165, 1.54) is 0 Å². The minimum absolute atomic E-state index is 0.304. The van der Waals surface area contributed by atoms with Gasteiger partial charge in [0.25, 0.3) is 5.91 Å². The number of nitrogens with two attached hydrogens (primary N) is 1. The Hall–Kier alpha value is -3.80. The van der Waals surface area contributed by atoms with Crippen molar-refractivity contribution in [2.75, 3.05) is 5.32 Å². The lowest BCUT2D eigenvalue weighted by Crippen LogP contribution is -2.30. The molecule has 3 rings (SSSR count). The van der Waals surface area contributed by atoms with Gasteiger partial charge in [-0.15, -0.1) is 0 Å². The van der Waals surface area contributed by atoms with Gasteiger partial charge in [-0.05, 0) is 61.0 Å². The number of amides is 2. The molecule has 0 aliphatic rings. The number of ether oxygens (including phenoxy) is 2. The third kappa shape index (κ3) is 5.84. The number of carbonyl (C=O) groups is 2. The first kappa shape index (κ1) is 19.9. The first-order valence-corrected chi connectivity index (χ1v) is 9.15. The Morgan fingerprint density at radius 1 is 0.897 bits per heavy atom. The monoisotopic (exact) mass is 390 g/mol. The van der Waals surface area contributed by atoms with E-state index in [4.69, 9.17) is 15.2 Å². The van der Waals surface area contributed by atoms with Gasteiger partial charge in [0, 0.05) is 11.3 Å². The third-order valence-corrected chi connectivity index (χ3v) is 4.19. The molecule has 3 N–H and O–H groups in total. The first-order chi connectivity index (χ1) is 14.0. The van der Waals surface area contributed by atoms with Crippen molar-refractivity contribution in [3.8, 4) is 11.5 Å². The molecular weight excluding hydrogens is 368 g/mol. The number of anilines is 1. The van der Waals surface area contributed by atoms with Gasteiger partial charge in [0.05, 0.1) is 0 Å². The van der Waals surface area contributed by atoms with E-state index in [0.29, 0.717) is 29.4 Å². The molecule has 0 unspecified atom stereocenters. The van der Waals surface area contributed by atoms with Gasteiger partial charge in [-0.2, -0.15) is 0 Å². The SMILES string of the molecule is C[C@H](Oc1ccc(OCc2ccccc2)cc1)C(=O)Nc1ccc(C(N)=O)cc1. The Morgan fingerprint density at radius 3 is 2.14 bits per heavy atom. The van der Waals surface area contributed by atoms with Crippen LogP contribution in [0.25, 0.3) is 0 Å². The maximum Gasteiger partial charge on any atom is 0.265 e. The predicted molar refractivity (Wildman–Crippen MR) is 111 cm³/mol. The normalized spacial score (nSPS) is 11.3. The van der Waals surface area contributed by atoms with Gasteiger partial charge in [-0.1, -0.05) is 30.3 Å². The zero-order valence-electron chi connectivity index (χ0n) is 16.0. The molecular formula is C23H22N2O4. The molecule has 0 radical (unpaired) electrons. The van der Waals surface area contributed by atoms with Crippen LogP contribution in [0.3, 0.4) is 0 Å². The predicted octanol–water partition coefficient (Wildman–Crippen LogP) is 3.77. The third-order valence-electron chi connectivity index (χ3n) is 4.19. The quantitative estimate of drug-likeness (QED) is 0.613. The summed E-state index contributed by atoms with van der Waals surface area (Å²) in [4.78, 5) is 23.4. The fraction of sp³-hybridized carbons (Fsp3) is 0.130. The number of hydrogen-bond donors (Lipinski definition) is 2. The van der Waals surface area contributed by atoms with Gasteiger partial charge in [-0.3, -0.25) is 9.59 Å². The lowest BCUT2D eigenvalue weighted by atomic mass is 10.2. The largest absolute Gasteiger partial charge is 0.489 e. The van der Waals surface area contributed by atoms with Crippen LogP contribution in [0.1, 0.15) is 22.8 Å². The smallest absolute Gasteiger partial charge is 0.265 e. The van der Waals surface area contributed by atoms with Crippen LogP contribution in [-0.4, -0.2) is 17.9 Å². The van der Waals surface area contributed by atoms with Gasteiger partial charge in [0.1, 0.15) is 18.1 Å². The highest BCUT2D eigenvalue weighted by atomic mass is 16.5. The van der Waals surface area contributed by atoms with Gasteiger partial charge >= 0.3 is 0 Å². The zero-order chi connectivity index (χ0) is 20.6. The van der Waals surface area contributed by atoms with E-state index in [2.05, 4.69) is 5.32 Å². The van der Waals surface area contributed by atoms with Gasteiger partial charge in [-0.25, -0.2) is 0 Å². The van der Waals surface area contributed by atoms with Crippen LogP contribution in [0.4, 0.5) is 5.69 Å². The number of primary amides is 1. The lowest BCUT2D eigenvalue weighted by molar-refractivity contribution is -0.122. The molecule has 0 aliphatic heterocycles. The molecule has 3 aromatic rings. The Morgan fingerprint density at radius 2 is 1.52 bits per heavy atom. The first-order valence-electron chi connectivity index (χ1n) is 9.15. The van der Waals surface area contributed by atoms with Crippen molar-refractivity contribution in [1.29, 1.82) is 0 Å². The van der Waals surface area contributed by atoms with Crippen LogP contribution in [0.5, 0.6) is 11.5 Å². The molecule has 0 aromatic heterocycles. The topological polar surface area (TPSA) is 90.7 Å². The summed E-state index contributed by atoms with van der Waals surface area (Å²) in [6.45, 7) is 2.14. The lowest BCUT2D eigenvalue weighted by Gasteiger charge is -2.15. The molecule has 0 saturated carbocycles. The fourth-order valence-electron chi connectivity index (χ4n) is 2.57. The maximum atomic E-state index is 12.3. The van der Waals surface area contributed by atoms with E-state index >= 15 is 0 Å². The standard InChI is InChI=1S/C23H22N2O4/c1-16(23(27)25-19-9-7-18(8-10-19)22(24)26)29-21-13-11-20(12-14-21)28-15-17-5-3-2-4-6-17/h2-14,16H,15H2,1H3,(H2,24,26)(H,25,27)/t16-/m0/s1. The summed E-state index contributed by atoms with van der Waals surface area (Å²) in [7, 11) is 0. The van der Waals surface area contributed by atoms with Crippen molar-refractivity contribution in [1.82, 2.24) is 0 Å². The van der Waals surface area contributed by atoms with Crippen molar-refractivity contribution in [3.63, 3.8) is 0 Å². The summed E-state index contributed by atoms with van der Waals surface area (Å²) in [5, 5.41) is 2.74. The molecule has 29 heavy (non-hydrogen) atoms. The molecule has 0 heterocycles. The molecule has 6 heteroatoms. The van der Waals surface area contributed by atoms with E-state index in [1.807, 2.05) is 30.3 Å². The van der Waals surface area contributed by atoms with Crippen molar-refractivity contribution in [3.05, 3.63) is 90.0 Å². The average Bonchev–Trinajstić information content (AvgIpc) is 2.74. The summed E-state index contributed by atoms with van der Waals surface area (Å²) in [6.07, 6.45) is -0.707. The molecule has 0 aliphatic carbocycles. The van der Waals surface area contributed by atoms with E-state index in [1.54, 1.807) is 55.5 Å².